The topological polar surface area (TPSA) is 75.7 Å². The van der Waals surface area contributed by atoms with Gasteiger partial charge in [-0.15, -0.1) is 0 Å². The molecule has 0 fully saturated rings. The molecule has 0 saturated carbocycles. The Balaban J connectivity index is 1.46. The molecule has 0 atom stereocenters. The quantitative estimate of drug-likeness (QED) is 0.284. The number of nitrogens with one attached hydrogen (secondary N) is 1. The van der Waals surface area contributed by atoms with Crippen molar-refractivity contribution in [3.05, 3.63) is 99.7 Å². The van der Waals surface area contributed by atoms with E-state index >= 15 is 0 Å². The number of nitrogens with zero attached hydrogens (tertiary/aromatic N) is 1. The number of aryl methyl sites for hydroxylation is 1. The van der Waals surface area contributed by atoms with Crippen LogP contribution in [-0.4, -0.2) is 17.8 Å². The van der Waals surface area contributed by atoms with Crippen LogP contribution in [0.15, 0.2) is 83.5 Å². The molecule has 1 heterocycles. The van der Waals surface area contributed by atoms with Gasteiger partial charge in [0.25, 0.3) is 11.8 Å². The van der Waals surface area contributed by atoms with Crippen LogP contribution in [0.4, 0.5) is 11.4 Å². The monoisotopic (exact) mass is 480 g/mol. The third-order valence-corrected chi connectivity index (χ3v) is 5.65. The third kappa shape index (κ3) is 4.77. The van der Waals surface area contributed by atoms with Gasteiger partial charge >= 0.3 is 5.97 Å². The van der Waals surface area contributed by atoms with Crippen LogP contribution < -0.4 is 15.0 Å². The fourth-order valence-electron chi connectivity index (χ4n) is 3.23. The highest BCUT2D eigenvalue weighted by Gasteiger charge is 2.38. The highest BCUT2D eigenvalue weighted by atomic mass is 35.5. The van der Waals surface area contributed by atoms with Crippen molar-refractivity contribution < 1.29 is 19.1 Å². The van der Waals surface area contributed by atoms with Gasteiger partial charge in [0.1, 0.15) is 16.5 Å². The van der Waals surface area contributed by atoms with E-state index in [0.717, 1.165) is 16.9 Å². The van der Waals surface area contributed by atoms with Crippen LogP contribution in [0.1, 0.15) is 22.8 Å². The first-order chi connectivity index (χ1) is 15.9. The van der Waals surface area contributed by atoms with Crippen LogP contribution in [0.5, 0.6) is 5.75 Å². The number of halogens is 2. The Morgan fingerprint density at radius 1 is 0.879 bits per heavy atom. The summed E-state index contributed by atoms with van der Waals surface area (Å²) >= 11 is 12.0. The smallest absolute Gasteiger partial charge is 0.343 e. The number of carbonyl (C=O) groups excluding carboxylic acids is 3. The Kier molecular flexibility index (Phi) is 6.49. The Morgan fingerprint density at radius 3 is 2.12 bits per heavy atom. The summed E-state index contributed by atoms with van der Waals surface area (Å²) in [5.74, 6) is -1.34. The summed E-state index contributed by atoms with van der Waals surface area (Å²) < 4.78 is 5.30. The lowest BCUT2D eigenvalue weighted by Gasteiger charge is -2.15. The van der Waals surface area contributed by atoms with Gasteiger partial charge in [-0.2, -0.15) is 0 Å². The Labute approximate surface area is 200 Å². The summed E-state index contributed by atoms with van der Waals surface area (Å²) in [5, 5.41) is 3.22. The largest absolute Gasteiger partial charge is 0.423 e. The van der Waals surface area contributed by atoms with Gasteiger partial charge in [0.2, 0.25) is 0 Å². The lowest BCUT2D eigenvalue weighted by Crippen LogP contribution is -2.32. The van der Waals surface area contributed by atoms with Gasteiger partial charge in [0, 0.05) is 10.7 Å². The molecule has 0 unspecified atom stereocenters. The summed E-state index contributed by atoms with van der Waals surface area (Å²) in [6.45, 7) is 2.02. The van der Waals surface area contributed by atoms with Gasteiger partial charge < -0.3 is 10.1 Å². The molecule has 0 aliphatic carbocycles. The molecule has 0 radical (unpaired) electrons. The average molecular weight is 481 g/mol. The predicted molar refractivity (Wildman–Crippen MR) is 128 cm³/mol. The van der Waals surface area contributed by atoms with Crippen molar-refractivity contribution >= 4 is 52.4 Å². The van der Waals surface area contributed by atoms with E-state index in [0.29, 0.717) is 27.7 Å². The zero-order chi connectivity index (χ0) is 23.5. The minimum Gasteiger partial charge on any atom is -0.423 e. The van der Waals surface area contributed by atoms with Crippen molar-refractivity contribution in [2.75, 3.05) is 10.2 Å². The Bertz CT molecular complexity index is 1250. The second-order valence-corrected chi connectivity index (χ2v) is 8.01. The molecule has 166 valence electrons. The van der Waals surface area contributed by atoms with Crippen LogP contribution in [-0.2, 0) is 16.0 Å². The van der Waals surface area contributed by atoms with Crippen molar-refractivity contribution in [2.24, 2.45) is 0 Å². The molecule has 3 aromatic carbocycles. The maximum atomic E-state index is 12.9. The average Bonchev–Trinajstić information content (AvgIpc) is 3.04. The fourth-order valence-corrected chi connectivity index (χ4v) is 3.57. The van der Waals surface area contributed by atoms with Gasteiger partial charge in [-0.3, -0.25) is 9.59 Å². The van der Waals surface area contributed by atoms with Gasteiger partial charge in [0.15, 0.2) is 0 Å². The lowest BCUT2D eigenvalue weighted by molar-refractivity contribution is -0.120. The van der Waals surface area contributed by atoms with Crippen molar-refractivity contribution in [1.82, 2.24) is 0 Å². The number of benzene rings is 3. The molecule has 1 aliphatic rings. The Hall–Kier alpha value is -3.61. The minimum absolute atomic E-state index is 0.0299. The van der Waals surface area contributed by atoms with Crippen molar-refractivity contribution in [3.8, 4) is 5.75 Å². The first-order valence-electron chi connectivity index (χ1n) is 10.1. The summed E-state index contributed by atoms with van der Waals surface area (Å²) in [6, 6.07) is 19.8. The van der Waals surface area contributed by atoms with E-state index in [1.54, 1.807) is 48.5 Å². The zero-order valence-corrected chi connectivity index (χ0v) is 19.0. The molecule has 3 aromatic rings. The molecule has 0 saturated heterocycles. The van der Waals surface area contributed by atoms with Gasteiger partial charge in [-0.1, -0.05) is 42.3 Å². The Morgan fingerprint density at radius 2 is 1.52 bits per heavy atom. The second kappa shape index (κ2) is 9.48. The molecular weight excluding hydrogens is 463 g/mol. The predicted octanol–water partition coefficient (Wildman–Crippen LogP) is 5.56. The van der Waals surface area contributed by atoms with Gasteiger partial charge in [-0.05, 0) is 72.6 Å². The maximum absolute atomic E-state index is 12.9. The molecule has 2 amide bonds. The van der Waals surface area contributed by atoms with E-state index < -0.39 is 17.8 Å². The van der Waals surface area contributed by atoms with Gasteiger partial charge in [0.05, 0.1) is 11.3 Å². The summed E-state index contributed by atoms with van der Waals surface area (Å²) in [5.41, 5.74) is 2.29. The standard InChI is InChI=1S/C25H18Cl2N2O4/c1-2-15-3-11-19(12-4-15)29-23(30)21(27)22(24(29)31)28-18-9-5-16(6-10-18)25(32)33-20-13-7-17(26)8-14-20/h3-14,28H,2H2,1H3. The molecule has 6 nitrogen and oxygen atoms in total. The van der Waals surface area contributed by atoms with Crippen LogP contribution in [0.3, 0.4) is 0 Å². The number of hydrogen-bond acceptors (Lipinski definition) is 5. The van der Waals surface area contributed by atoms with E-state index in [4.69, 9.17) is 27.9 Å². The highest BCUT2D eigenvalue weighted by molar-refractivity contribution is 6.53. The number of anilines is 2. The molecule has 1 aliphatic heterocycles. The van der Waals surface area contributed by atoms with Crippen LogP contribution in [0.25, 0.3) is 0 Å². The third-order valence-electron chi connectivity index (χ3n) is 5.04. The summed E-state index contributed by atoms with van der Waals surface area (Å²) in [6.07, 6.45) is 0.844. The lowest BCUT2D eigenvalue weighted by atomic mass is 10.1. The van der Waals surface area contributed by atoms with E-state index in [1.807, 2.05) is 19.1 Å². The van der Waals surface area contributed by atoms with Crippen molar-refractivity contribution in [2.45, 2.75) is 13.3 Å². The molecule has 0 spiro atoms. The number of rotatable bonds is 6. The first kappa shape index (κ1) is 22.6. The normalized spacial score (nSPS) is 13.5. The van der Waals surface area contributed by atoms with Crippen LogP contribution in [0, 0.1) is 0 Å². The molecule has 0 aromatic heterocycles. The highest BCUT2D eigenvalue weighted by Crippen LogP contribution is 2.30. The summed E-state index contributed by atoms with van der Waals surface area (Å²) in [4.78, 5) is 38.9. The molecule has 4 rings (SSSR count). The number of ether oxygens (including phenoxy) is 1. The second-order valence-electron chi connectivity index (χ2n) is 7.20. The van der Waals surface area contributed by atoms with Crippen LogP contribution in [0.2, 0.25) is 5.02 Å². The molecule has 8 heteroatoms. The number of imide groups is 1. The minimum atomic E-state index is -0.600. The first-order valence-corrected chi connectivity index (χ1v) is 10.9. The number of carbonyl (C=O) groups is 3. The SMILES string of the molecule is CCc1ccc(N2C(=O)C(Cl)=C(Nc3ccc(C(=O)Oc4ccc(Cl)cc4)cc3)C2=O)cc1. The van der Waals surface area contributed by atoms with Crippen molar-refractivity contribution in [1.29, 1.82) is 0 Å². The van der Waals surface area contributed by atoms with Crippen molar-refractivity contribution in [3.63, 3.8) is 0 Å². The van der Waals surface area contributed by atoms with E-state index in [1.165, 1.54) is 12.1 Å². The number of amides is 2. The van der Waals surface area contributed by atoms with Gasteiger partial charge in [-0.25, -0.2) is 9.69 Å². The molecule has 33 heavy (non-hydrogen) atoms. The molecule has 1 N–H and O–H groups in total. The van der Waals surface area contributed by atoms with E-state index in [9.17, 15) is 14.4 Å². The molecular formula is C25H18Cl2N2O4. The zero-order valence-electron chi connectivity index (χ0n) is 17.5. The van der Waals surface area contributed by atoms with E-state index in [2.05, 4.69) is 5.32 Å². The fraction of sp³-hybridized carbons (Fsp3) is 0.0800. The number of esters is 1. The summed E-state index contributed by atoms with van der Waals surface area (Å²) in [7, 11) is 0. The van der Waals surface area contributed by atoms with Crippen LogP contribution >= 0.6 is 23.2 Å². The van der Waals surface area contributed by atoms with E-state index in [-0.39, 0.29) is 10.7 Å². The molecule has 0 bridgehead atoms. The number of hydrogen-bond donors (Lipinski definition) is 1. The maximum Gasteiger partial charge on any atom is 0.343 e.